The lowest BCUT2D eigenvalue weighted by Crippen LogP contribution is -2.41. The second kappa shape index (κ2) is 9.47. The number of pyridine rings is 1. The zero-order chi connectivity index (χ0) is 17.4. The van der Waals surface area contributed by atoms with Crippen molar-refractivity contribution in [3.8, 4) is 0 Å². The van der Waals surface area contributed by atoms with Gasteiger partial charge in [-0.3, -0.25) is 0 Å². The average Bonchev–Trinajstić information content (AvgIpc) is 2.61. The standard InChI is InChI=1S/C18H30N4O2/c1-3-8-22(11-12-23)18(24)20-14-16-4-5-17(19-13-16)21-9-6-15(2)7-10-21/h4-5,13,15,23H,3,6-12,14H2,1-2H3,(H,20,24). The number of aromatic nitrogens is 1. The fourth-order valence-corrected chi connectivity index (χ4v) is 2.94. The van der Waals surface area contributed by atoms with Crippen molar-refractivity contribution in [1.82, 2.24) is 15.2 Å². The molecule has 1 fully saturated rings. The molecule has 0 spiro atoms. The summed E-state index contributed by atoms with van der Waals surface area (Å²) in [5, 5.41) is 11.9. The third-order valence-electron chi connectivity index (χ3n) is 4.51. The Labute approximate surface area is 144 Å². The highest BCUT2D eigenvalue weighted by Crippen LogP contribution is 2.21. The molecule has 2 heterocycles. The Morgan fingerprint density at radius 2 is 2.12 bits per heavy atom. The molecule has 1 aliphatic heterocycles. The molecular formula is C18H30N4O2. The van der Waals surface area contributed by atoms with E-state index in [-0.39, 0.29) is 12.6 Å². The molecule has 6 heteroatoms. The molecule has 0 bridgehead atoms. The Bertz CT molecular complexity index is 492. The Kier molecular flexibility index (Phi) is 7.31. The maximum absolute atomic E-state index is 12.1. The van der Waals surface area contributed by atoms with Gasteiger partial charge in [0.25, 0.3) is 0 Å². The van der Waals surface area contributed by atoms with E-state index >= 15 is 0 Å². The molecule has 0 radical (unpaired) electrons. The Morgan fingerprint density at radius 1 is 1.38 bits per heavy atom. The van der Waals surface area contributed by atoms with Crippen molar-refractivity contribution in [1.29, 1.82) is 0 Å². The third-order valence-corrected chi connectivity index (χ3v) is 4.51. The number of urea groups is 1. The van der Waals surface area contributed by atoms with Crippen LogP contribution < -0.4 is 10.2 Å². The third kappa shape index (κ3) is 5.37. The molecule has 0 saturated carbocycles. The Morgan fingerprint density at radius 3 is 2.71 bits per heavy atom. The minimum atomic E-state index is -0.139. The summed E-state index contributed by atoms with van der Waals surface area (Å²) in [6.07, 6.45) is 5.15. The van der Waals surface area contributed by atoms with Gasteiger partial charge >= 0.3 is 6.03 Å². The fourth-order valence-electron chi connectivity index (χ4n) is 2.94. The molecule has 0 aromatic carbocycles. The second-order valence-electron chi connectivity index (χ2n) is 6.56. The molecule has 0 aliphatic carbocycles. The zero-order valence-corrected chi connectivity index (χ0v) is 14.9. The number of carbonyl (C=O) groups excluding carboxylic acids is 1. The molecule has 0 atom stereocenters. The maximum atomic E-state index is 12.1. The van der Waals surface area contributed by atoms with Crippen LogP contribution >= 0.6 is 0 Å². The van der Waals surface area contributed by atoms with E-state index in [0.717, 1.165) is 36.8 Å². The summed E-state index contributed by atoms with van der Waals surface area (Å²) < 4.78 is 0. The van der Waals surface area contributed by atoms with Crippen LogP contribution in [0.5, 0.6) is 0 Å². The predicted octanol–water partition coefficient (Wildman–Crippen LogP) is 2.23. The van der Waals surface area contributed by atoms with Gasteiger partial charge in [0.2, 0.25) is 0 Å². The number of anilines is 1. The molecule has 0 unspecified atom stereocenters. The van der Waals surface area contributed by atoms with E-state index in [9.17, 15) is 4.79 Å². The topological polar surface area (TPSA) is 68.7 Å². The van der Waals surface area contributed by atoms with Crippen molar-refractivity contribution < 1.29 is 9.90 Å². The van der Waals surface area contributed by atoms with Gasteiger partial charge in [-0.2, -0.15) is 0 Å². The van der Waals surface area contributed by atoms with Crippen LogP contribution in [0.2, 0.25) is 0 Å². The van der Waals surface area contributed by atoms with Crippen molar-refractivity contribution >= 4 is 11.8 Å². The molecule has 1 aliphatic rings. The highest BCUT2D eigenvalue weighted by Gasteiger charge is 2.17. The van der Waals surface area contributed by atoms with Gasteiger partial charge in [0.15, 0.2) is 0 Å². The number of aliphatic hydroxyl groups excluding tert-OH is 1. The lowest BCUT2D eigenvalue weighted by molar-refractivity contribution is 0.177. The number of amides is 2. The van der Waals surface area contributed by atoms with Crippen molar-refractivity contribution in [3.05, 3.63) is 23.9 Å². The maximum Gasteiger partial charge on any atom is 0.317 e. The molecule has 1 saturated heterocycles. The fraction of sp³-hybridized carbons (Fsp3) is 0.667. The number of hydrogen-bond donors (Lipinski definition) is 2. The number of piperidine rings is 1. The molecule has 1 aromatic heterocycles. The summed E-state index contributed by atoms with van der Waals surface area (Å²) in [6, 6.07) is 3.92. The second-order valence-corrected chi connectivity index (χ2v) is 6.56. The zero-order valence-electron chi connectivity index (χ0n) is 14.9. The highest BCUT2D eigenvalue weighted by atomic mass is 16.3. The first-order valence-corrected chi connectivity index (χ1v) is 8.97. The normalized spacial score (nSPS) is 15.4. The van der Waals surface area contributed by atoms with E-state index in [2.05, 4.69) is 22.1 Å². The van der Waals surface area contributed by atoms with Gasteiger partial charge in [-0.1, -0.05) is 19.9 Å². The van der Waals surface area contributed by atoms with Crippen molar-refractivity contribution in [2.75, 3.05) is 37.7 Å². The van der Waals surface area contributed by atoms with Gasteiger partial charge in [-0.15, -0.1) is 0 Å². The smallest absolute Gasteiger partial charge is 0.317 e. The highest BCUT2D eigenvalue weighted by molar-refractivity contribution is 5.74. The summed E-state index contributed by atoms with van der Waals surface area (Å²) >= 11 is 0. The molecular weight excluding hydrogens is 304 g/mol. The number of nitrogens with zero attached hydrogens (tertiary/aromatic N) is 3. The van der Waals surface area contributed by atoms with Crippen LogP contribution in [0.1, 0.15) is 38.7 Å². The first-order chi connectivity index (χ1) is 11.6. The lowest BCUT2D eigenvalue weighted by Gasteiger charge is -2.31. The van der Waals surface area contributed by atoms with E-state index in [0.29, 0.717) is 19.6 Å². The number of aliphatic hydroxyl groups is 1. The summed E-state index contributed by atoms with van der Waals surface area (Å²) in [5.41, 5.74) is 0.984. The van der Waals surface area contributed by atoms with Gasteiger partial charge < -0.3 is 20.2 Å². The lowest BCUT2D eigenvalue weighted by atomic mass is 9.99. The SMILES string of the molecule is CCCN(CCO)C(=O)NCc1ccc(N2CCC(C)CC2)nc1. The van der Waals surface area contributed by atoms with Crippen LogP contribution in [0.3, 0.4) is 0 Å². The van der Waals surface area contributed by atoms with Crippen LogP contribution in [0.25, 0.3) is 0 Å². The first-order valence-electron chi connectivity index (χ1n) is 8.97. The van der Waals surface area contributed by atoms with Crippen molar-refractivity contribution in [3.63, 3.8) is 0 Å². The van der Waals surface area contributed by atoms with Gasteiger partial charge in [-0.25, -0.2) is 9.78 Å². The molecule has 1 aromatic rings. The number of carbonyl (C=O) groups is 1. The largest absolute Gasteiger partial charge is 0.395 e. The van der Waals surface area contributed by atoms with E-state index < -0.39 is 0 Å². The van der Waals surface area contributed by atoms with Crippen LogP contribution in [-0.2, 0) is 6.54 Å². The summed E-state index contributed by atoms with van der Waals surface area (Å²) in [7, 11) is 0. The van der Waals surface area contributed by atoms with Crippen molar-refractivity contribution in [2.45, 2.75) is 39.7 Å². The molecule has 134 valence electrons. The molecule has 6 nitrogen and oxygen atoms in total. The predicted molar refractivity (Wildman–Crippen MR) is 96.0 cm³/mol. The number of hydrogen-bond acceptors (Lipinski definition) is 4. The Balaban J connectivity index is 1.84. The summed E-state index contributed by atoms with van der Waals surface area (Å²) in [4.78, 5) is 20.6. The summed E-state index contributed by atoms with van der Waals surface area (Å²) in [5.74, 6) is 1.82. The van der Waals surface area contributed by atoms with Crippen LogP contribution in [0.4, 0.5) is 10.6 Å². The summed E-state index contributed by atoms with van der Waals surface area (Å²) in [6.45, 7) is 7.90. The van der Waals surface area contributed by atoms with Crippen LogP contribution in [-0.4, -0.2) is 53.8 Å². The van der Waals surface area contributed by atoms with Crippen molar-refractivity contribution in [2.24, 2.45) is 5.92 Å². The quantitative estimate of drug-likeness (QED) is 0.802. The Hall–Kier alpha value is -1.82. The van der Waals surface area contributed by atoms with Gasteiger partial charge in [0.05, 0.1) is 6.61 Å². The van der Waals surface area contributed by atoms with E-state index in [4.69, 9.17) is 5.11 Å². The number of nitrogens with one attached hydrogen (secondary N) is 1. The first kappa shape index (κ1) is 18.5. The van der Waals surface area contributed by atoms with Crippen LogP contribution in [0, 0.1) is 5.92 Å². The van der Waals surface area contributed by atoms with Gasteiger partial charge in [0, 0.05) is 38.9 Å². The average molecular weight is 334 g/mol. The van der Waals surface area contributed by atoms with Gasteiger partial charge in [-0.05, 0) is 36.8 Å². The molecule has 2 N–H and O–H groups in total. The number of rotatable bonds is 7. The van der Waals surface area contributed by atoms with Gasteiger partial charge in [0.1, 0.15) is 5.82 Å². The monoisotopic (exact) mass is 334 g/mol. The molecule has 2 amide bonds. The molecule has 2 rings (SSSR count). The van der Waals surface area contributed by atoms with E-state index in [1.54, 1.807) is 4.90 Å². The minimum absolute atomic E-state index is 0.0157. The van der Waals surface area contributed by atoms with E-state index in [1.165, 1.54) is 12.8 Å². The minimum Gasteiger partial charge on any atom is -0.395 e. The van der Waals surface area contributed by atoms with Crippen LogP contribution in [0.15, 0.2) is 18.3 Å². The van der Waals surface area contributed by atoms with E-state index in [1.807, 2.05) is 25.3 Å². The molecule has 24 heavy (non-hydrogen) atoms.